The Morgan fingerprint density at radius 3 is 2.52 bits per heavy atom. The number of carbonyl (C=O) groups excluding carboxylic acids is 1. The summed E-state index contributed by atoms with van der Waals surface area (Å²) in [6.45, 7) is 6.34. The maximum Gasteiger partial charge on any atom is 0.309 e. The lowest BCUT2D eigenvalue weighted by Gasteiger charge is -2.46. The summed E-state index contributed by atoms with van der Waals surface area (Å²) in [6.07, 6.45) is 8.86. The van der Waals surface area contributed by atoms with Gasteiger partial charge < -0.3 is 4.74 Å². The molecule has 8 atom stereocenters. The Morgan fingerprint density at radius 1 is 1.14 bits per heavy atom. The Labute approximate surface area is 129 Å². The zero-order valence-corrected chi connectivity index (χ0v) is 13.8. The molecular weight excluding hydrogens is 260 g/mol. The monoisotopic (exact) mass is 290 g/mol. The third kappa shape index (κ3) is 1.80. The SMILES string of the molecule is CCC(C)C(=O)OC1(CC)CC2CC1C1C3CCC(C3)C21. The van der Waals surface area contributed by atoms with Gasteiger partial charge in [0.05, 0.1) is 5.92 Å². The van der Waals surface area contributed by atoms with Crippen molar-refractivity contribution in [1.82, 2.24) is 0 Å². The first-order valence-corrected chi connectivity index (χ1v) is 9.32. The highest BCUT2D eigenvalue weighted by molar-refractivity contribution is 5.72. The molecule has 2 heteroatoms. The van der Waals surface area contributed by atoms with Gasteiger partial charge in [-0.3, -0.25) is 4.79 Å². The van der Waals surface area contributed by atoms with Crippen LogP contribution in [-0.2, 0) is 9.53 Å². The predicted octanol–water partition coefficient (Wildman–Crippen LogP) is 4.43. The van der Waals surface area contributed by atoms with Gasteiger partial charge in [-0.05, 0) is 74.5 Å². The molecular formula is C19H30O2. The normalized spacial score (nSPS) is 51.2. The van der Waals surface area contributed by atoms with E-state index < -0.39 is 0 Å². The van der Waals surface area contributed by atoms with Crippen LogP contribution in [0.2, 0.25) is 0 Å². The first-order chi connectivity index (χ1) is 10.1. The largest absolute Gasteiger partial charge is 0.459 e. The lowest BCUT2D eigenvalue weighted by Crippen LogP contribution is -2.48. The second kappa shape index (κ2) is 4.73. The van der Waals surface area contributed by atoms with Crippen LogP contribution in [0.1, 0.15) is 65.7 Å². The van der Waals surface area contributed by atoms with Crippen molar-refractivity contribution in [2.45, 2.75) is 71.3 Å². The van der Waals surface area contributed by atoms with Crippen LogP contribution in [0.25, 0.3) is 0 Å². The lowest BCUT2D eigenvalue weighted by atomic mass is 9.65. The van der Waals surface area contributed by atoms with Crippen molar-refractivity contribution in [1.29, 1.82) is 0 Å². The molecule has 118 valence electrons. The fourth-order valence-electron chi connectivity index (χ4n) is 6.76. The molecule has 0 heterocycles. The molecule has 4 aliphatic rings. The summed E-state index contributed by atoms with van der Waals surface area (Å²) in [5.74, 6) is 5.54. The smallest absolute Gasteiger partial charge is 0.309 e. The molecule has 0 N–H and O–H groups in total. The van der Waals surface area contributed by atoms with Crippen molar-refractivity contribution in [3.05, 3.63) is 0 Å². The topological polar surface area (TPSA) is 26.3 Å². The van der Waals surface area contributed by atoms with Crippen molar-refractivity contribution in [2.24, 2.45) is 41.4 Å². The van der Waals surface area contributed by atoms with Crippen LogP contribution < -0.4 is 0 Å². The standard InChI is InChI=1S/C19H30O2/c1-4-11(3)18(20)21-19(5-2)10-14-9-15(19)17-13-7-6-12(8-13)16(14)17/h11-17H,4-10H2,1-3H3. The molecule has 0 aromatic rings. The predicted molar refractivity (Wildman–Crippen MR) is 82.6 cm³/mol. The quantitative estimate of drug-likeness (QED) is 0.565. The minimum Gasteiger partial charge on any atom is -0.459 e. The van der Waals surface area contributed by atoms with Gasteiger partial charge in [0.15, 0.2) is 0 Å². The molecule has 4 rings (SSSR count). The number of rotatable bonds is 4. The summed E-state index contributed by atoms with van der Waals surface area (Å²) in [5, 5.41) is 0. The molecule has 0 amide bonds. The van der Waals surface area contributed by atoms with E-state index in [1.54, 1.807) is 0 Å². The summed E-state index contributed by atoms with van der Waals surface area (Å²) in [7, 11) is 0. The molecule has 2 nitrogen and oxygen atoms in total. The first-order valence-electron chi connectivity index (χ1n) is 9.32. The second-order valence-corrected chi connectivity index (χ2v) is 8.44. The molecule has 4 saturated carbocycles. The maximum absolute atomic E-state index is 12.4. The van der Waals surface area contributed by atoms with E-state index in [2.05, 4.69) is 13.8 Å². The third-order valence-electron chi connectivity index (χ3n) is 7.81. The van der Waals surface area contributed by atoms with Crippen molar-refractivity contribution in [2.75, 3.05) is 0 Å². The van der Waals surface area contributed by atoms with Gasteiger partial charge in [0, 0.05) is 5.92 Å². The van der Waals surface area contributed by atoms with Crippen molar-refractivity contribution >= 4 is 5.97 Å². The number of esters is 1. The highest BCUT2D eigenvalue weighted by atomic mass is 16.6. The van der Waals surface area contributed by atoms with Gasteiger partial charge in [-0.1, -0.05) is 20.8 Å². The summed E-state index contributed by atoms with van der Waals surface area (Å²) < 4.78 is 6.21. The van der Waals surface area contributed by atoms with E-state index in [1.807, 2.05) is 6.92 Å². The Hall–Kier alpha value is -0.530. The second-order valence-electron chi connectivity index (χ2n) is 8.44. The molecule has 4 bridgehead atoms. The van der Waals surface area contributed by atoms with Gasteiger partial charge in [0.2, 0.25) is 0 Å². The Bertz CT molecular complexity index is 445. The van der Waals surface area contributed by atoms with E-state index in [4.69, 9.17) is 4.74 Å². The maximum atomic E-state index is 12.4. The summed E-state index contributed by atoms with van der Waals surface area (Å²) in [4.78, 5) is 12.4. The van der Waals surface area contributed by atoms with Crippen LogP contribution in [0.15, 0.2) is 0 Å². The number of fused-ring (bicyclic) bond motifs is 9. The minimum atomic E-state index is -0.100. The molecule has 21 heavy (non-hydrogen) atoms. The number of ether oxygens (including phenoxy) is 1. The average molecular weight is 290 g/mol. The van der Waals surface area contributed by atoms with Gasteiger partial charge in [-0.25, -0.2) is 0 Å². The average Bonchev–Trinajstić information content (AvgIpc) is 3.23. The molecule has 8 unspecified atom stereocenters. The molecule has 0 aromatic heterocycles. The molecule has 0 radical (unpaired) electrons. The molecule has 0 saturated heterocycles. The van der Waals surface area contributed by atoms with Crippen LogP contribution in [0.5, 0.6) is 0 Å². The van der Waals surface area contributed by atoms with Crippen LogP contribution >= 0.6 is 0 Å². The Balaban J connectivity index is 1.57. The number of carbonyl (C=O) groups is 1. The van der Waals surface area contributed by atoms with Gasteiger partial charge in [-0.2, -0.15) is 0 Å². The molecule has 4 aliphatic carbocycles. The number of hydrogen-bond donors (Lipinski definition) is 0. The zero-order chi connectivity index (χ0) is 14.8. The van der Waals surface area contributed by atoms with Crippen LogP contribution in [0.4, 0.5) is 0 Å². The summed E-state index contributed by atoms with van der Waals surface area (Å²) >= 11 is 0. The number of hydrogen-bond acceptors (Lipinski definition) is 2. The van der Waals surface area contributed by atoms with Gasteiger partial charge in [0.1, 0.15) is 5.60 Å². The van der Waals surface area contributed by atoms with Gasteiger partial charge >= 0.3 is 5.97 Å². The fraction of sp³-hybridized carbons (Fsp3) is 0.947. The van der Waals surface area contributed by atoms with Crippen LogP contribution in [-0.4, -0.2) is 11.6 Å². The third-order valence-corrected chi connectivity index (χ3v) is 7.81. The molecule has 0 spiro atoms. The van der Waals surface area contributed by atoms with Crippen molar-refractivity contribution < 1.29 is 9.53 Å². The van der Waals surface area contributed by atoms with Crippen LogP contribution in [0.3, 0.4) is 0 Å². The van der Waals surface area contributed by atoms with E-state index >= 15 is 0 Å². The molecule has 0 aliphatic heterocycles. The van der Waals surface area contributed by atoms with Crippen molar-refractivity contribution in [3.8, 4) is 0 Å². The molecule has 4 fully saturated rings. The molecule has 0 aromatic carbocycles. The van der Waals surface area contributed by atoms with Crippen molar-refractivity contribution in [3.63, 3.8) is 0 Å². The van der Waals surface area contributed by atoms with Gasteiger partial charge in [0.25, 0.3) is 0 Å². The minimum absolute atomic E-state index is 0.0587. The Morgan fingerprint density at radius 2 is 1.86 bits per heavy atom. The highest BCUT2D eigenvalue weighted by Crippen LogP contribution is 2.70. The summed E-state index contributed by atoms with van der Waals surface area (Å²) in [5.41, 5.74) is -0.100. The van der Waals surface area contributed by atoms with E-state index in [-0.39, 0.29) is 17.5 Å². The zero-order valence-electron chi connectivity index (χ0n) is 13.8. The van der Waals surface area contributed by atoms with Crippen LogP contribution in [0, 0.1) is 41.4 Å². The van der Waals surface area contributed by atoms with E-state index in [0.29, 0.717) is 5.92 Å². The van der Waals surface area contributed by atoms with E-state index in [1.165, 1.54) is 32.1 Å². The van der Waals surface area contributed by atoms with Gasteiger partial charge in [-0.15, -0.1) is 0 Å². The fourth-order valence-corrected chi connectivity index (χ4v) is 6.76. The van der Waals surface area contributed by atoms with E-state index in [0.717, 1.165) is 42.4 Å². The first kappa shape index (κ1) is 14.1. The van der Waals surface area contributed by atoms with E-state index in [9.17, 15) is 4.79 Å². The summed E-state index contributed by atoms with van der Waals surface area (Å²) in [6, 6.07) is 0. The lowest BCUT2D eigenvalue weighted by molar-refractivity contribution is -0.177. The highest BCUT2D eigenvalue weighted by Gasteiger charge is 2.67. The Kier molecular flexibility index (Phi) is 3.17.